The summed E-state index contributed by atoms with van der Waals surface area (Å²) in [6, 6.07) is 5.83. The Hall–Kier alpha value is -3.92. The Labute approximate surface area is 222 Å². The van der Waals surface area contributed by atoms with E-state index in [9.17, 15) is 9.59 Å². The van der Waals surface area contributed by atoms with Crippen LogP contribution in [0.25, 0.3) is 22.3 Å². The summed E-state index contributed by atoms with van der Waals surface area (Å²) in [5, 5.41) is 8.15. The Morgan fingerprint density at radius 3 is 2.63 bits per heavy atom. The van der Waals surface area contributed by atoms with Gasteiger partial charge in [0.1, 0.15) is 5.82 Å². The first-order chi connectivity index (χ1) is 18.2. The van der Waals surface area contributed by atoms with Crippen molar-refractivity contribution in [3.63, 3.8) is 0 Å². The molecule has 38 heavy (non-hydrogen) atoms. The van der Waals surface area contributed by atoms with Gasteiger partial charge in [-0.1, -0.05) is 5.57 Å². The number of aliphatic imine (C=N–C) groups is 1. The number of anilines is 1. The second-order valence-corrected chi connectivity index (χ2v) is 10.4. The van der Waals surface area contributed by atoms with Gasteiger partial charge in [-0.15, -0.1) is 0 Å². The zero-order chi connectivity index (χ0) is 27.0. The van der Waals surface area contributed by atoms with Crippen molar-refractivity contribution in [3.8, 4) is 11.3 Å². The van der Waals surface area contributed by atoms with Gasteiger partial charge in [0.05, 0.1) is 28.8 Å². The van der Waals surface area contributed by atoms with E-state index < -0.39 is 5.92 Å². The summed E-state index contributed by atoms with van der Waals surface area (Å²) < 4.78 is 1.83. The van der Waals surface area contributed by atoms with Crippen LogP contribution in [0.1, 0.15) is 44.1 Å². The molecule has 3 aromatic heterocycles. The number of allylic oxidation sites excluding steroid dienone is 1. The number of dihydropyridines is 1. The summed E-state index contributed by atoms with van der Waals surface area (Å²) in [6.45, 7) is 11.7. The molecule has 3 aromatic rings. The summed E-state index contributed by atoms with van der Waals surface area (Å²) in [7, 11) is 2.13. The number of amides is 2. The van der Waals surface area contributed by atoms with Crippen LogP contribution < -0.4 is 10.2 Å². The summed E-state index contributed by atoms with van der Waals surface area (Å²) in [5.74, 6) is -0.0784. The highest BCUT2D eigenvalue weighted by Crippen LogP contribution is 2.28. The highest BCUT2D eigenvalue weighted by Gasteiger charge is 2.26. The third-order valence-electron chi connectivity index (χ3n) is 7.21. The number of pyridine rings is 2. The molecule has 1 fully saturated rings. The molecule has 1 saturated heterocycles. The highest BCUT2D eigenvalue weighted by atomic mass is 16.2. The van der Waals surface area contributed by atoms with Crippen molar-refractivity contribution in [1.82, 2.24) is 30.0 Å². The number of nitrogens with one attached hydrogen (secondary N) is 1. The molecule has 10 nitrogen and oxygen atoms in total. The number of carbonyl (C=O) groups is 2. The molecule has 2 aliphatic rings. The number of fused-ring (bicyclic) bond motifs is 1. The molecule has 2 aliphatic heterocycles. The van der Waals surface area contributed by atoms with Crippen molar-refractivity contribution in [3.05, 3.63) is 47.8 Å². The van der Waals surface area contributed by atoms with Gasteiger partial charge in [0.25, 0.3) is 11.8 Å². The molecule has 1 unspecified atom stereocenters. The van der Waals surface area contributed by atoms with Crippen LogP contribution in [0.4, 0.5) is 5.82 Å². The van der Waals surface area contributed by atoms with Crippen molar-refractivity contribution in [2.75, 3.05) is 44.7 Å². The Morgan fingerprint density at radius 2 is 1.92 bits per heavy atom. The molecule has 0 radical (unpaired) electrons. The molecular weight excluding hydrogens is 480 g/mol. The van der Waals surface area contributed by atoms with Crippen LogP contribution >= 0.6 is 0 Å². The van der Waals surface area contributed by atoms with Crippen LogP contribution in [0.3, 0.4) is 0 Å². The minimum Gasteiger partial charge on any atom is -0.354 e. The standard InChI is InChI=1S/C28H34N8O2/c1-17(2)36-26-23(16-31-36)21(27(37)30-15-22-18(3)12-19(4)32-28(22)38)14-24(33-26)20-6-7-29-25(13-20)35-10-8-34(5)9-11-35/h6-7,12-14,16-17,22H,8-11,15H2,1-5H3,(H,30,37). The Morgan fingerprint density at radius 1 is 1.16 bits per heavy atom. The largest absolute Gasteiger partial charge is 0.354 e. The molecule has 10 heteroatoms. The molecule has 0 saturated carbocycles. The second kappa shape index (κ2) is 10.4. The topological polar surface area (TPSA) is 109 Å². The van der Waals surface area contributed by atoms with Gasteiger partial charge in [-0.3, -0.25) is 9.59 Å². The van der Waals surface area contributed by atoms with Gasteiger partial charge in [-0.05, 0) is 59.0 Å². The van der Waals surface area contributed by atoms with Gasteiger partial charge in [0.2, 0.25) is 0 Å². The van der Waals surface area contributed by atoms with Gasteiger partial charge in [0, 0.05) is 56.2 Å². The molecule has 0 aromatic carbocycles. The minimum atomic E-state index is -0.468. The zero-order valence-electron chi connectivity index (χ0n) is 22.6. The lowest BCUT2D eigenvalue weighted by Gasteiger charge is -2.33. The number of hydrogen-bond donors (Lipinski definition) is 1. The SMILES string of the molecule is CC1=CC(C)=NC(=O)C1CNC(=O)c1cc(-c2ccnc(N3CCN(C)CC3)c2)nc2c1cnn2C(C)C. The fraction of sp³-hybridized carbons (Fsp3) is 0.429. The Bertz CT molecular complexity index is 1450. The van der Waals surface area contributed by atoms with Crippen molar-refractivity contribution in [2.45, 2.75) is 33.7 Å². The van der Waals surface area contributed by atoms with Crippen molar-refractivity contribution >= 4 is 34.4 Å². The van der Waals surface area contributed by atoms with Crippen LogP contribution in [-0.4, -0.2) is 81.9 Å². The van der Waals surface area contributed by atoms with Crippen LogP contribution in [-0.2, 0) is 4.79 Å². The average molecular weight is 515 g/mol. The van der Waals surface area contributed by atoms with Gasteiger partial charge < -0.3 is 15.1 Å². The predicted octanol–water partition coefficient (Wildman–Crippen LogP) is 3.12. The monoisotopic (exact) mass is 514 g/mol. The van der Waals surface area contributed by atoms with Crippen LogP contribution in [0.2, 0.25) is 0 Å². The van der Waals surface area contributed by atoms with E-state index in [1.165, 1.54) is 0 Å². The van der Waals surface area contributed by atoms with Crippen LogP contribution in [0, 0.1) is 5.92 Å². The molecule has 2 amide bonds. The van der Waals surface area contributed by atoms with E-state index in [2.05, 4.69) is 37.2 Å². The van der Waals surface area contributed by atoms with Gasteiger partial charge >= 0.3 is 0 Å². The van der Waals surface area contributed by atoms with E-state index in [0.717, 1.165) is 43.1 Å². The number of aromatic nitrogens is 4. The van der Waals surface area contributed by atoms with Crippen LogP contribution in [0.5, 0.6) is 0 Å². The molecule has 5 heterocycles. The van der Waals surface area contributed by atoms with E-state index in [4.69, 9.17) is 4.98 Å². The Kier molecular flexibility index (Phi) is 7.07. The van der Waals surface area contributed by atoms with Crippen LogP contribution in [0.15, 0.2) is 47.2 Å². The third kappa shape index (κ3) is 5.08. The second-order valence-electron chi connectivity index (χ2n) is 10.4. The first kappa shape index (κ1) is 25.7. The lowest BCUT2D eigenvalue weighted by Crippen LogP contribution is -2.44. The molecule has 1 N–H and O–H groups in total. The molecule has 1 atom stereocenters. The molecule has 0 spiro atoms. The van der Waals surface area contributed by atoms with E-state index in [0.29, 0.717) is 28.0 Å². The maximum atomic E-state index is 13.5. The van der Waals surface area contributed by atoms with Crippen molar-refractivity contribution in [2.24, 2.45) is 10.9 Å². The minimum absolute atomic E-state index is 0.0678. The summed E-state index contributed by atoms with van der Waals surface area (Å²) in [4.78, 5) is 44.2. The lowest BCUT2D eigenvalue weighted by molar-refractivity contribution is -0.120. The third-order valence-corrected chi connectivity index (χ3v) is 7.21. The van der Waals surface area contributed by atoms with Gasteiger partial charge in [-0.2, -0.15) is 5.10 Å². The number of nitrogens with zero attached hydrogens (tertiary/aromatic N) is 7. The number of rotatable bonds is 6. The number of hydrogen-bond acceptors (Lipinski definition) is 7. The van der Waals surface area contributed by atoms with Crippen molar-refractivity contribution in [1.29, 1.82) is 0 Å². The van der Waals surface area contributed by atoms with E-state index in [1.807, 2.05) is 43.7 Å². The van der Waals surface area contributed by atoms with Crippen molar-refractivity contribution < 1.29 is 9.59 Å². The first-order valence-electron chi connectivity index (χ1n) is 13.0. The molecule has 0 bridgehead atoms. The highest BCUT2D eigenvalue weighted by molar-refractivity contribution is 6.08. The quantitative estimate of drug-likeness (QED) is 0.538. The molecular formula is C28H34N8O2. The van der Waals surface area contributed by atoms with Gasteiger partial charge in [0.15, 0.2) is 5.65 Å². The average Bonchev–Trinajstić information content (AvgIpc) is 3.32. The maximum Gasteiger partial charge on any atom is 0.254 e. The van der Waals surface area contributed by atoms with Gasteiger partial charge in [-0.25, -0.2) is 19.6 Å². The zero-order valence-corrected chi connectivity index (χ0v) is 22.6. The predicted molar refractivity (Wildman–Crippen MR) is 149 cm³/mol. The number of piperazine rings is 1. The molecule has 5 rings (SSSR count). The summed E-state index contributed by atoms with van der Waals surface area (Å²) in [6.07, 6.45) is 5.36. The fourth-order valence-electron chi connectivity index (χ4n) is 4.97. The molecule has 0 aliphatic carbocycles. The summed E-state index contributed by atoms with van der Waals surface area (Å²) >= 11 is 0. The first-order valence-corrected chi connectivity index (χ1v) is 13.0. The molecule has 198 valence electrons. The Balaban J connectivity index is 1.48. The number of carbonyl (C=O) groups excluding carboxylic acids is 2. The maximum absolute atomic E-state index is 13.5. The van der Waals surface area contributed by atoms with E-state index in [-0.39, 0.29) is 24.4 Å². The van der Waals surface area contributed by atoms with E-state index in [1.54, 1.807) is 25.4 Å². The number of likely N-dealkylation sites (N-methyl/N-ethyl adjacent to an activating group) is 1. The normalized spacial score (nSPS) is 18.6. The lowest BCUT2D eigenvalue weighted by atomic mass is 9.95. The smallest absolute Gasteiger partial charge is 0.254 e. The van der Waals surface area contributed by atoms with E-state index >= 15 is 0 Å². The summed E-state index contributed by atoms with van der Waals surface area (Å²) in [5.41, 5.74) is 4.25. The fourth-order valence-corrected chi connectivity index (χ4v) is 4.97.